The van der Waals surface area contributed by atoms with Crippen molar-refractivity contribution in [3.05, 3.63) is 47.5 Å². The van der Waals surface area contributed by atoms with Crippen LogP contribution in [0.5, 0.6) is 5.75 Å². The van der Waals surface area contributed by atoms with Gasteiger partial charge in [-0.05, 0) is 67.1 Å². The van der Waals surface area contributed by atoms with Crippen LogP contribution in [-0.2, 0) is 22.4 Å². The van der Waals surface area contributed by atoms with Crippen molar-refractivity contribution in [1.82, 2.24) is 0 Å². The molecule has 0 radical (unpaired) electrons. The number of nitrogens with zero attached hydrogens (tertiary/aromatic N) is 1. The van der Waals surface area contributed by atoms with Gasteiger partial charge in [-0.3, -0.25) is 14.5 Å². The van der Waals surface area contributed by atoms with E-state index in [9.17, 15) is 9.59 Å². The summed E-state index contributed by atoms with van der Waals surface area (Å²) in [6, 6.07) is 11.4. The molecule has 1 N–H and O–H groups in total. The first-order valence-electron chi connectivity index (χ1n) is 8.59. The highest BCUT2D eigenvalue weighted by Gasteiger charge is 2.30. The normalized spacial score (nSPS) is 16.6. The van der Waals surface area contributed by atoms with Crippen LogP contribution in [0.3, 0.4) is 0 Å². The second-order valence-electron chi connectivity index (χ2n) is 6.46. The summed E-state index contributed by atoms with van der Waals surface area (Å²) in [5.41, 5.74) is 4.73. The number of hydrogen-bond acceptors (Lipinski definition) is 3. The molecule has 2 aliphatic rings. The van der Waals surface area contributed by atoms with Gasteiger partial charge in [0.25, 0.3) is 0 Å². The van der Waals surface area contributed by atoms with Crippen LogP contribution in [0.1, 0.15) is 30.4 Å². The molecule has 25 heavy (non-hydrogen) atoms. The number of methoxy groups -OCH3 is 1. The monoisotopic (exact) mass is 336 g/mol. The van der Waals surface area contributed by atoms with E-state index < -0.39 is 0 Å². The third kappa shape index (κ3) is 2.76. The Morgan fingerprint density at radius 1 is 1.00 bits per heavy atom. The van der Waals surface area contributed by atoms with Gasteiger partial charge in [-0.15, -0.1) is 0 Å². The molecule has 2 aromatic carbocycles. The number of fused-ring (bicyclic) bond motifs is 3. The quantitative estimate of drug-likeness (QED) is 0.853. The van der Waals surface area contributed by atoms with Gasteiger partial charge in [0, 0.05) is 5.69 Å². The van der Waals surface area contributed by atoms with E-state index in [-0.39, 0.29) is 18.2 Å². The van der Waals surface area contributed by atoms with Gasteiger partial charge < -0.3 is 10.1 Å². The number of rotatable bonds is 2. The summed E-state index contributed by atoms with van der Waals surface area (Å²) in [6.45, 7) is 0. The molecule has 128 valence electrons. The number of anilines is 3. The van der Waals surface area contributed by atoms with Crippen LogP contribution in [0.15, 0.2) is 36.4 Å². The Bertz CT molecular complexity index is 843. The smallest absolute Gasteiger partial charge is 0.241 e. The maximum absolute atomic E-state index is 12.7. The van der Waals surface area contributed by atoms with Crippen LogP contribution >= 0.6 is 0 Å². The van der Waals surface area contributed by atoms with Gasteiger partial charge >= 0.3 is 0 Å². The first kappa shape index (κ1) is 15.7. The summed E-state index contributed by atoms with van der Waals surface area (Å²) in [7, 11) is 1.61. The minimum absolute atomic E-state index is 0.157. The van der Waals surface area contributed by atoms with Crippen molar-refractivity contribution in [2.75, 3.05) is 17.3 Å². The molecule has 0 bridgehead atoms. The van der Waals surface area contributed by atoms with E-state index in [4.69, 9.17) is 4.74 Å². The molecule has 5 nitrogen and oxygen atoms in total. The molecule has 0 fully saturated rings. The topological polar surface area (TPSA) is 58.6 Å². The zero-order chi connectivity index (χ0) is 17.4. The zero-order valence-electron chi connectivity index (χ0n) is 14.2. The van der Waals surface area contributed by atoms with Crippen LogP contribution in [0, 0.1) is 0 Å². The summed E-state index contributed by atoms with van der Waals surface area (Å²) < 4.78 is 5.20. The van der Waals surface area contributed by atoms with Crippen molar-refractivity contribution in [3.8, 4) is 5.75 Å². The Morgan fingerprint density at radius 2 is 1.76 bits per heavy atom. The fourth-order valence-electron chi connectivity index (χ4n) is 3.69. The number of aryl methyl sites for hydroxylation is 1. The number of hydrogen-bond donors (Lipinski definition) is 1. The minimum Gasteiger partial charge on any atom is -0.497 e. The molecule has 0 saturated heterocycles. The Kier molecular flexibility index (Phi) is 3.92. The SMILES string of the molecule is COc1ccc(N2C(=O)CC(=O)Nc3c2ccc2c3CCCC2)cc1. The van der Waals surface area contributed by atoms with Gasteiger partial charge in [0.2, 0.25) is 11.8 Å². The van der Waals surface area contributed by atoms with Crippen LogP contribution in [0.4, 0.5) is 17.1 Å². The lowest BCUT2D eigenvalue weighted by Gasteiger charge is -2.26. The molecule has 1 heterocycles. The van der Waals surface area contributed by atoms with E-state index in [1.54, 1.807) is 12.0 Å². The van der Waals surface area contributed by atoms with Crippen molar-refractivity contribution in [2.45, 2.75) is 32.1 Å². The van der Waals surface area contributed by atoms with E-state index in [0.717, 1.165) is 42.1 Å². The Hall–Kier alpha value is -2.82. The first-order valence-corrected chi connectivity index (χ1v) is 8.59. The van der Waals surface area contributed by atoms with Gasteiger partial charge in [-0.1, -0.05) is 6.07 Å². The first-order chi connectivity index (χ1) is 12.2. The predicted molar refractivity (Wildman–Crippen MR) is 96.5 cm³/mol. The number of carbonyl (C=O) groups is 2. The molecular weight excluding hydrogens is 316 g/mol. The number of amides is 2. The van der Waals surface area contributed by atoms with E-state index >= 15 is 0 Å². The second-order valence-corrected chi connectivity index (χ2v) is 6.46. The maximum Gasteiger partial charge on any atom is 0.241 e. The van der Waals surface area contributed by atoms with Crippen LogP contribution < -0.4 is 15.0 Å². The molecule has 2 aromatic rings. The van der Waals surface area contributed by atoms with Gasteiger partial charge in [-0.2, -0.15) is 0 Å². The van der Waals surface area contributed by atoms with E-state index in [1.807, 2.05) is 30.3 Å². The van der Waals surface area contributed by atoms with Crippen molar-refractivity contribution in [2.24, 2.45) is 0 Å². The molecule has 0 atom stereocenters. The summed E-state index contributed by atoms with van der Waals surface area (Å²) in [6.07, 6.45) is 4.07. The highest BCUT2D eigenvalue weighted by atomic mass is 16.5. The lowest BCUT2D eigenvalue weighted by molar-refractivity contribution is -0.124. The largest absolute Gasteiger partial charge is 0.497 e. The van der Waals surface area contributed by atoms with Crippen LogP contribution in [0.2, 0.25) is 0 Å². The predicted octanol–water partition coefficient (Wildman–Crippen LogP) is 3.58. The third-order valence-corrected chi connectivity index (χ3v) is 4.91. The molecule has 1 aliphatic heterocycles. The summed E-state index contributed by atoms with van der Waals surface area (Å²) >= 11 is 0. The lowest BCUT2D eigenvalue weighted by atomic mass is 9.89. The van der Waals surface area contributed by atoms with Crippen molar-refractivity contribution >= 4 is 28.9 Å². The standard InChI is InChI=1S/C20H20N2O3/c1-25-15-9-7-14(8-10-15)22-17-11-6-13-4-2-3-5-16(13)20(17)21-18(23)12-19(22)24/h6-11H,2-5,12H2,1H3,(H,21,23). The number of benzene rings is 2. The lowest BCUT2D eigenvalue weighted by Crippen LogP contribution is -2.26. The third-order valence-electron chi connectivity index (χ3n) is 4.91. The average Bonchev–Trinajstić information content (AvgIpc) is 2.76. The van der Waals surface area contributed by atoms with Gasteiger partial charge in [0.15, 0.2) is 0 Å². The summed E-state index contributed by atoms with van der Waals surface area (Å²) in [5, 5.41) is 2.98. The van der Waals surface area contributed by atoms with Gasteiger partial charge in [0.1, 0.15) is 12.2 Å². The summed E-state index contributed by atoms with van der Waals surface area (Å²) in [5.74, 6) is 0.254. The highest BCUT2D eigenvalue weighted by molar-refractivity contribution is 6.17. The molecule has 0 spiro atoms. The van der Waals surface area contributed by atoms with Gasteiger partial charge in [-0.25, -0.2) is 0 Å². The molecule has 0 saturated carbocycles. The Labute approximate surface area is 146 Å². The molecule has 2 amide bonds. The zero-order valence-corrected chi connectivity index (χ0v) is 14.2. The molecule has 5 heteroatoms. The fraction of sp³-hybridized carbons (Fsp3) is 0.300. The van der Waals surface area contributed by atoms with E-state index in [2.05, 4.69) is 11.4 Å². The van der Waals surface area contributed by atoms with Crippen molar-refractivity contribution in [3.63, 3.8) is 0 Å². The summed E-state index contributed by atoms with van der Waals surface area (Å²) in [4.78, 5) is 26.6. The van der Waals surface area contributed by atoms with Crippen molar-refractivity contribution < 1.29 is 14.3 Å². The number of carbonyl (C=O) groups excluding carboxylic acids is 2. The molecular formula is C20H20N2O3. The van der Waals surface area contributed by atoms with Crippen LogP contribution in [-0.4, -0.2) is 18.9 Å². The Morgan fingerprint density at radius 3 is 2.52 bits per heavy atom. The number of nitrogens with one attached hydrogen (secondary N) is 1. The minimum atomic E-state index is -0.249. The maximum atomic E-state index is 12.7. The molecule has 1 aliphatic carbocycles. The Balaban J connectivity index is 1.87. The van der Waals surface area contributed by atoms with Crippen LogP contribution in [0.25, 0.3) is 0 Å². The highest BCUT2D eigenvalue weighted by Crippen LogP contribution is 2.41. The van der Waals surface area contributed by atoms with Gasteiger partial charge in [0.05, 0.1) is 18.5 Å². The second kappa shape index (κ2) is 6.24. The number of ether oxygens (including phenoxy) is 1. The molecule has 0 unspecified atom stereocenters. The molecule has 4 rings (SSSR count). The van der Waals surface area contributed by atoms with Crippen molar-refractivity contribution in [1.29, 1.82) is 0 Å². The fourth-order valence-corrected chi connectivity index (χ4v) is 3.69. The average molecular weight is 336 g/mol. The molecule has 0 aromatic heterocycles. The van der Waals surface area contributed by atoms with E-state index in [0.29, 0.717) is 0 Å². The van der Waals surface area contributed by atoms with E-state index in [1.165, 1.54) is 17.5 Å².